The number of nitrogens with zero attached hydrogens (tertiary/aromatic N) is 1. The Morgan fingerprint density at radius 2 is 1.79 bits per heavy atom. The van der Waals surface area contributed by atoms with Crippen molar-refractivity contribution in [2.45, 2.75) is 11.3 Å². The molecule has 0 aliphatic rings. The van der Waals surface area contributed by atoms with Crippen molar-refractivity contribution in [3.05, 3.63) is 59.1 Å². The molecule has 0 unspecified atom stereocenters. The molecular weight excluding hydrogens is 402 g/mol. The molecule has 0 aliphatic heterocycles. The van der Waals surface area contributed by atoms with E-state index in [0.717, 1.165) is 11.3 Å². The molecule has 0 atom stereocenters. The number of amides is 1. The van der Waals surface area contributed by atoms with Crippen LogP contribution in [0.4, 0.5) is 0 Å². The van der Waals surface area contributed by atoms with Gasteiger partial charge in [0.1, 0.15) is 12.4 Å². The molecule has 9 heteroatoms. The van der Waals surface area contributed by atoms with Crippen LogP contribution in [0.15, 0.2) is 53.4 Å². The topological polar surface area (TPSA) is 102 Å². The number of hydrogen-bond acceptors (Lipinski definition) is 5. The molecule has 0 fully saturated rings. The molecule has 0 saturated carbocycles. The van der Waals surface area contributed by atoms with Crippen LogP contribution in [-0.4, -0.2) is 52.5 Å². The highest BCUT2D eigenvalue weighted by Gasteiger charge is 2.08. The van der Waals surface area contributed by atoms with Gasteiger partial charge in [0.05, 0.1) is 11.4 Å². The molecule has 1 amide bonds. The average Bonchev–Trinajstić information content (AvgIpc) is 2.63. The number of primary sulfonamides is 1. The van der Waals surface area contributed by atoms with Gasteiger partial charge < -0.3 is 10.1 Å². The van der Waals surface area contributed by atoms with E-state index in [4.69, 9.17) is 21.5 Å². The van der Waals surface area contributed by atoms with Crippen molar-refractivity contribution in [2.24, 2.45) is 5.14 Å². The number of nitrogens with two attached hydrogens (primary N) is 1. The highest BCUT2D eigenvalue weighted by atomic mass is 35.5. The van der Waals surface area contributed by atoms with Crippen LogP contribution in [0.3, 0.4) is 0 Å². The summed E-state index contributed by atoms with van der Waals surface area (Å²) in [6.45, 7) is 1.78. The minimum absolute atomic E-state index is 0.0720. The Morgan fingerprint density at radius 1 is 1.14 bits per heavy atom. The van der Waals surface area contributed by atoms with E-state index in [-0.39, 0.29) is 17.3 Å². The summed E-state index contributed by atoms with van der Waals surface area (Å²) in [5.41, 5.74) is 0.914. The summed E-state index contributed by atoms with van der Waals surface area (Å²) < 4.78 is 28.0. The lowest BCUT2D eigenvalue weighted by molar-refractivity contribution is -0.121. The second-order valence-electron chi connectivity index (χ2n) is 6.33. The molecule has 2 aromatic rings. The molecule has 2 aromatic carbocycles. The quantitative estimate of drug-likeness (QED) is 0.602. The van der Waals surface area contributed by atoms with E-state index in [1.807, 2.05) is 11.9 Å². The Hall–Kier alpha value is -2.13. The number of carbonyl (C=O) groups excluding carboxylic acids is 1. The normalized spacial score (nSPS) is 11.4. The molecule has 2 rings (SSSR count). The van der Waals surface area contributed by atoms with E-state index >= 15 is 0 Å². The van der Waals surface area contributed by atoms with Crippen LogP contribution in [0, 0.1) is 0 Å². The highest BCUT2D eigenvalue weighted by molar-refractivity contribution is 7.89. The van der Waals surface area contributed by atoms with E-state index in [2.05, 4.69) is 5.32 Å². The third kappa shape index (κ3) is 7.85. The summed E-state index contributed by atoms with van der Waals surface area (Å²) in [6, 6.07) is 13.4. The minimum atomic E-state index is -3.69. The van der Waals surface area contributed by atoms with E-state index in [1.54, 1.807) is 36.4 Å². The fourth-order valence-electron chi connectivity index (χ4n) is 2.42. The Labute approximate surface area is 170 Å². The molecule has 152 valence electrons. The van der Waals surface area contributed by atoms with Gasteiger partial charge in [0.25, 0.3) is 0 Å². The molecule has 0 spiro atoms. The van der Waals surface area contributed by atoms with Crippen LogP contribution in [0.2, 0.25) is 5.02 Å². The van der Waals surface area contributed by atoms with Gasteiger partial charge in [-0.25, -0.2) is 13.6 Å². The van der Waals surface area contributed by atoms with Crippen LogP contribution in [0.25, 0.3) is 0 Å². The first-order valence-electron chi connectivity index (χ1n) is 8.69. The van der Waals surface area contributed by atoms with Gasteiger partial charge >= 0.3 is 0 Å². The van der Waals surface area contributed by atoms with Crippen molar-refractivity contribution in [1.82, 2.24) is 10.2 Å². The molecule has 3 N–H and O–H groups in total. The number of nitrogens with one attached hydrogen (secondary N) is 1. The van der Waals surface area contributed by atoms with Crippen LogP contribution in [0.1, 0.15) is 5.56 Å². The summed E-state index contributed by atoms with van der Waals surface area (Å²) >= 11 is 5.82. The predicted octanol–water partition coefficient (Wildman–Crippen LogP) is 1.66. The first-order chi connectivity index (χ1) is 13.2. The zero-order valence-corrected chi connectivity index (χ0v) is 17.2. The van der Waals surface area contributed by atoms with Crippen molar-refractivity contribution in [1.29, 1.82) is 0 Å². The zero-order valence-electron chi connectivity index (χ0n) is 15.6. The van der Waals surface area contributed by atoms with Crippen molar-refractivity contribution in [2.75, 3.05) is 33.3 Å². The van der Waals surface area contributed by atoms with Crippen LogP contribution < -0.4 is 15.2 Å². The van der Waals surface area contributed by atoms with Gasteiger partial charge in [0.2, 0.25) is 15.9 Å². The smallest absolute Gasteiger partial charge is 0.238 e. The highest BCUT2D eigenvalue weighted by Crippen LogP contribution is 2.15. The Bertz CT molecular complexity index is 871. The molecule has 0 aromatic heterocycles. The predicted molar refractivity (Wildman–Crippen MR) is 109 cm³/mol. The van der Waals surface area contributed by atoms with Crippen LogP contribution in [0.5, 0.6) is 5.75 Å². The van der Waals surface area contributed by atoms with Gasteiger partial charge in [0.15, 0.2) is 0 Å². The number of hydrogen-bond donors (Lipinski definition) is 2. The summed E-state index contributed by atoms with van der Waals surface area (Å²) in [5.74, 6) is 0.644. The van der Waals surface area contributed by atoms with E-state index < -0.39 is 10.0 Å². The molecule has 7 nitrogen and oxygen atoms in total. The summed E-state index contributed by atoms with van der Waals surface area (Å²) in [6.07, 6.45) is 0.597. The number of halogens is 1. The van der Waals surface area contributed by atoms with Gasteiger partial charge in [-0.15, -0.1) is 0 Å². The fourth-order valence-corrected chi connectivity index (χ4v) is 3.06. The molecule has 0 aliphatic carbocycles. The van der Waals surface area contributed by atoms with E-state index in [1.165, 1.54) is 12.1 Å². The van der Waals surface area contributed by atoms with Crippen molar-refractivity contribution < 1.29 is 17.9 Å². The summed E-state index contributed by atoms with van der Waals surface area (Å²) in [5, 5.41) is 8.56. The number of ether oxygens (including phenoxy) is 1. The Kier molecular flexibility index (Phi) is 8.25. The number of rotatable bonds is 10. The zero-order chi connectivity index (χ0) is 20.6. The van der Waals surface area contributed by atoms with Gasteiger partial charge in [-0.3, -0.25) is 9.69 Å². The first-order valence-corrected chi connectivity index (χ1v) is 10.6. The minimum Gasteiger partial charge on any atom is -0.492 e. The Morgan fingerprint density at radius 3 is 2.39 bits per heavy atom. The van der Waals surface area contributed by atoms with Crippen LogP contribution in [-0.2, 0) is 21.2 Å². The van der Waals surface area contributed by atoms with Crippen molar-refractivity contribution in [3.8, 4) is 5.75 Å². The Balaban J connectivity index is 1.64. The number of likely N-dealkylation sites (N-methyl/N-ethyl adjacent to an activating group) is 1. The molecule has 0 heterocycles. The van der Waals surface area contributed by atoms with Gasteiger partial charge in [-0.1, -0.05) is 23.7 Å². The maximum atomic E-state index is 12.0. The van der Waals surface area contributed by atoms with E-state index in [0.29, 0.717) is 31.1 Å². The lowest BCUT2D eigenvalue weighted by Crippen LogP contribution is -2.37. The van der Waals surface area contributed by atoms with Gasteiger partial charge in [-0.05, 0) is 55.4 Å². The lowest BCUT2D eigenvalue weighted by Gasteiger charge is -2.16. The molecule has 28 heavy (non-hydrogen) atoms. The number of sulfonamides is 1. The SMILES string of the molecule is CN(CCOc1ccc(Cl)cc1)CC(=O)NCCc1ccc(S(N)(=O)=O)cc1. The fraction of sp³-hybridized carbons (Fsp3) is 0.316. The third-order valence-electron chi connectivity index (χ3n) is 3.96. The molecule has 0 bridgehead atoms. The number of benzene rings is 2. The monoisotopic (exact) mass is 425 g/mol. The maximum Gasteiger partial charge on any atom is 0.238 e. The maximum absolute atomic E-state index is 12.0. The molecular formula is C19H24ClN3O4S. The molecule has 0 radical (unpaired) electrons. The lowest BCUT2D eigenvalue weighted by atomic mass is 10.1. The summed E-state index contributed by atoms with van der Waals surface area (Å²) in [4.78, 5) is 13.9. The first kappa shape index (κ1) is 22.2. The van der Waals surface area contributed by atoms with Crippen LogP contribution >= 0.6 is 11.6 Å². The number of carbonyl (C=O) groups is 1. The standard InChI is InChI=1S/C19H24ClN3O4S/c1-23(12-13-27-17-6-4-16(20)5-7-17)14-19(24)22-11-10-15-2-8-18(9-3-15)28(21,25)26/h2-9H,10-14H2,1H3,(H,22,24)(H2,21,25,26). The third-order valence-corrected chi connectivity index (χ3v) is 5.14. The molecule has 0 saturated heterocycles. The summed E-state index contributed by atoms with van der Waals surface area (Å²) in [7, 11) is -1.84. The van der Waals surface area contributed by atoms with Gasteiger partial charge in [-0.2, -0.15) is 0 Å². The van der Waals surface area contributed by atoms with Crippen molar-refractivity contribution in [3.63, 3.8) is 0 Å². The average molecular weight is 426 g/mol. The van der Waals surface area contributed by atoms with Gasteiger partial charge in [0, 0.05) is 18.1 Å². The van der Waals surface area contributed by atoms with Crippen molar-refractivity contribution >= 4 is 27.5 Å². The second-order valence-corrected chi connectivity index (χ2v) is 8.33. The van der Waals surface area contributed by atoms with E-state index in [9.17, 15) is 13.2 Å². The largest absolute Gasteiger partial charge is 0.492 e. The second kappa shape index (κ2) is 10.4.